The minimum Gasteiger partial charge on any atom is -0.455 e. The van der Waals surface area contributed by atoms with Crippen molar-refractivity contribution in [2.45, 2.75) is 0 Å². The molecule has 4 aromatic heterocycles. The van der Waals surface area contributed by atoms with E-state index >= 15 is 0 Å². The molecule has 0 amide bonds. The van der Waals surface area contributed by atoms with Crippen LogP contribution in [0.1, 0.15) is 8.22 Å². The van der Waals surface area contributed by atoms with Crippen molar-refractivity contribution in [1.82, 2.24) is 19.5 Å². The van der Waals surface area contributed by atoms with E-state index in [2.05, 4.69) is 18.2 Å². The van der Waals surface area contributed by atoms with Crippen molar-refractivity contribution in [1.29, 1.82) is 0 Å². The Labute approximate surface area is 339 Å². The molecule has 0 spiro atoms. The van der Waals surface area contributed by atoms with Gasteiger partial charge in [-0.25, -0.2) is 15.0 Å². The Hall–Kier alpha value is -7.41. The lowest BCUT2D eigenvalue weighted by Gasteiger charge is -2.16. The molecule has 0 aliphatic carbocycles. The molecule has 0 bridgehead atoms. The third-order valence-corrected chi connectivity index (χ3v) is 11.8. The highest BCUT2D eigenvalue weighted by molar-refractivity contribution is 7.25. The summed E-state index contributed by atoms with van der Waals surface area (Å²) in [4.78, 5) is 15.7. The summed E-state index contributed by atoms with van der Waals surface area (Å²) in [5, 5.41) is 4.40. The van der Waals surface area contributed by atoms with E-state index in [1.54, 1.807) is 15.9 Å². The fraction of sp³-hybridized carbons (Fsp3) is 0. The van der Waals surface area contributed by atoms with Crippen LogP contribution in [0.15, 0.2) is 186 Å². The van der Waals surface area contributed by atoms with E-state index in [1.165, 1.54) is 12.1 Å². The van der Waals surface area contributed by atoms with Gasteiger partial charge >= 0.3 is 0 Å². The Morgan fingerprint density at radius 1 is 0.474 bits per heavy atom. The summed E-state index contributed by atoms with van der Waals surface area (Å²) in [6.45, 7) is 0. The van der Waals surface area contributed by atoms with Crippen LogP contribution in [0.25, 0.3) is 115 Å². The van der Waals surface area contributed by atoms with E-state index < -0.39 is 0 Å². The summed E-state index contributed by atoms with van der Waals surface area (Å²) in [6.07, 6.45) is 0. The maximum Gasteiger partial charge on any atom is 0.166 e. The van der Waals surface area contributed by atoms with Crippen LogP contribution >= 0.6 is 11.3 Å². The molecule has 0 fully saturated rings. The van der Waals surface area contributed by atoms with Gasteiger partial charge in [0, 0.05) is 64.0 Å². The summed E-state index contributed by atoms with van der Waals surface area (Å²) in [7, 11) is 0. The molecule has 0 atom stereocenters. The SMILES string of the molecule is [2H]c1cc([2H])c2c(c1[2H])c1c([2H])c([2H])cc([2H])c1n2-c1ccc(-c2cccc3c2oc2ccccc23)cc1-c1nc(-c2ccccc2)nc(-c2cccc3sc4ccccc4c23)n1. The molecule has 0 aliphatic heterocycles. The van der Waals surface area contributed by atoms with E-state index in [9.17, 15) is 2.74 Å². The first-order valence-electron chi connectivity index (χ1n) is 21.5. The Balaban J connectivity index is 1.23. The van der Waals surface area contributed by atoms with Gasteiger partial charge in [-0.2, -0.15) is 0 Å². The largest absolute Gasteiger partial charge is 0.455 e. The maximum absolute atomic E-state index is 9.29. The quantitative estimate of drug-likeness (QED) is 0.176. The molecule has 0 radical (unpaired) electrons. The first-order chi connectivity index (χ1) is 30.7. The Kier molecular flexibility index (Phi) is 5.82. The van der Waals surface area contributed by atoms with Gasteiger partial charge < -0.3 is 8.98 Å². The average molecular weight is 753 g/mol. The summed E-state index contributed by atoms with van der Waals surface area (Å²) in [5.74, 6) is 1.20. The molecule has 0 saturated carbocycles. The molecule has 57 heavy (non-hydrogen) atoms. The molecule has 5 nitrogen and oxygen atoms in total. The van der Waals surface area contributed by atoms with Crippen LogP contribution in [-0.4, -0.2) is 19.5 Å². The first-order valence-corrected chi connectivity index (χ1v) is 19.3. The second kappa shape index (κ2) is 12.6. The number of para-hydroxylation sites is 4. The molecule has 0 saturated heterocycles. The molecule has 4 heterocycles. The molecule has 8 aromatic carbocycles. The summed E-state index contributed by atoms with van der Waals surface area (Å²) in [5.41, 5.74) is 6.15. The van der Waals surface area contributed by atoms with Gasteiger partial charge in [0.2, 0.25) is 0 Å². The highest BCUT2D eigenvalue weighted by Gasteiger charge is 2.22. The topological polar surface area (TPSA) is 56.7 Å². The van der Waals surface area contributed by atoms with Crippen molar-refractivity contribution >= 4 is 75.3 Å². The van der Waals surface area contributed by atoms with Gasteiger partial charge in [0.15, 0.2) is 17.5 Å². The minimum absolute atomic E-state index is 0.0630. The van der Waals surface area contributed by atoms with Crippen LogP contribution in [0.2, 0.25) is 0 Å². The van der Waals surface area contributed by atoms with Crippen LogP contribution in [0.3, 0.4) is 0 Å². The normalized spacial score (nSPS) is 13.3. The number of thiophene rings is 1. The highest BCUT2D eigenvalue weighted by Crippen LogP contribution is 2.43. The molecule has 12 rings (SSSR count). The molecule has 12 aromatic rings. The number of hydrogen-bond acceptors (Lipinski definition) is 5. The lowest BCUT2D eigenvalue weighted by atomic mass is 9.98. The Morgan fingerprint density at radius 3 is 1.95 bits per heavy atom. The number of furan rings is 1. The fourth-order valence-corrected chi connectivity index (χ4v) is 9.23. The van der Waals surface area contributed by atoms with Gasteiger partial charge in [0.25, 0.3) is 0 Å². The van der Waals surface area contributed by atoms with Gasteiger partial charge in [-0.15, -0.1) is 11.3 Å². The number of hydrogen-bond donors (Lipinski definition) is 0. The smallest absolute Gasteiger partial charge is 0.166 e. The van der Waals surface area contributed by atoms with E-state index in [-0.39, 0.29) is 58.1 Å². The van der Waals surface area contributed by atoms with Crippen molar-refractivity contribution in [3.63, 3.8) is 0 Å². The molecular formula is C51H30N4OS. The fourth-order valence-electron chi connectivity index (χ4n) is 8.10. The zero-order valence-electron chi connectivity index (χ0n) is 36.0. The molecule has 0 unspecified atom stereocenters. The summed E-state index contributed by atoms with van der Waals surface area (Å²) >= 11 is 1.71. The predicted octanol–water partition coefficient (Wildman–Crippen LogP) is 13.9. The molecule has 0 aliphatic rings. The maximum atomic E-state index is 9.29. The zero-order chi connectivity index (χ0) is 42.7. The lowest BCUT2D eigenvalue weighted by molar-refractivity contribution is 0.670. The third-order valence-electron chi connectivity index (χ3n) is 10.6. The number of fused-ring (bicyclic) bond motifs is 9. The molecule has 6 heteroatoms. The van der Waals surface area contributed by atoms with Crippen LogP contribution in [-0.2, 0) is 0 Å². The lowest BCUT2D eigenvalue weighted by Crippen LogP contribution is -2.04. The van der Waals surface area contributed by atoms with Crippen molar-refractivity contribution in [3.05, 3.63) is 182 Å². The highest BCUT2D eigenvalue weighted by atomic mass is 32.1. The number of nitrogens with zero attached hydrogens (tertiary/aromatic N) is 4. The monoisotopic (exact) mass is 752 g/mol. The first kappa shape index (κ1) is 26.4. The predicted molar refractivity (Wildman–Crippen MR) is 236 cm³/mol. The summed E-state index contributed by atoms with van der Waals surface area (Å²) in [6, 6.07) is 45.7. The number of benzene rings is 8. The Bertz CT molecular complexity index is 3830. The van der Waals surface area contributed by atoms with Crippen LogP contribution in [0, 0.1) is 0 Å². The minimum atomic E-state index is -0.192. The number of aromatic nitrogens is 4. The van der Waals surface area contributed by atoms with E-state index in [1.807, 2.05) is 115 Å². The van der Waals surface area contributed by atoms with Crippen LogP contribution in [0.4, 0.5) is 0 Å². The second-order valence-electron chi connectivity index (χ2n) is 13.9. The van der Waals surface area contributed by atoms with Gasteiger partial charge in [0.05, 0.1) is 24.9 Å². The van der Waals surface area contributed by atoms with E-state index in [0.717, 1.165) is 58.8 Å². The van der Waals surface area contributed by atoms with Crippen molar-refractivity contribution in [3.8, 4) is 51.0 Å². The summed E-state index contributed by atoms with van der Waals surface area (Å²) < 4.78 is 64.5. The van der Waals surface area contributed by atoms with Crippen molar-refractivity contribution < 1.29 is 12.6 Å². The van der Waals surface area contributed by atoms with E-state index in [4.69, 9.17) is 24.9 Å². The van der Waals surface area contributed by atoms with Crippen LogP contribution < -0.4 is 0 Å². The van der Waals surface area contributed by atoms with Gasteiger partial charge in [-0.3, -0.25) is 0 Å². The second-order valence-corrected chi connectivity index (χ2v) is 14.9. The van der Waals surface area contributed by atoms with Crippen molar-refractivity contribution in [2.75, 3.05) is 0 Å². The third kappa shape index (κ3) is 4.98. The standard InChI is InChI=1S/C51H30N4OS/c1-2-14-31(15-3-1)49-52-50(39-22-13-27-46-47(39)38-19-7-11-26-45(38)57-46)54-51(53-49)40-30-32(33-20-12-21-37-36-18-6-10-25-44(36)56-48(33)37)28-29-43(40)55-41-23-8-4-16-34(41)35-17-5-9-24-42(35)55/h1-30H/i4D,5D,16D,17D,23D,24D. The van der Waals surface area contributed by atoms with Crippen LogP contribution in [0.5, 0.6) is 0 Å². The van der Waals surface area contributed by atoms with Gasteiger partial charge in [-0.05, 0) is 48.0 Å². The Morgan fingerprint density at radius 2 is 1.12 bits per heavy atom. The van der Waals surface area contributed by atoms with E-state index in [0.29, 0.717) is 34.3 Å². The number of rotatable bonds is 5. The molecule has 0 N–H and O–H groups in total. The van der Waals surface area contributed by atoms with Gasteiger partial charge in [0.1, 0.15) is 11.2 Å². The molecule has 266 valence electrons. The van der Waals surface area contributed by atoms with Crippen molar-refractivity contribution in [2.24, 2.45) is 0 Å². The average Bonchev–Trinajstić information content (AvgIpc) is 4.01. The van der Waals surface area contributed by atoms with Gasteiger partial charge in [-0.1, -0.05) is 139 Å². The molecular weight excluding hydrogens is 717 g/mol. The zero-order valence-corrected chi connectivity index (χ0v) is 30.8.